The minimum absolute atomic E-state index is 0.290. The van der Waals surface area contributed by atoms with Gasteiger partial charge in [0.2, 0.25) is 0 Å². The summed E-state index contributed by atoms with van der Waals surface area (Å²) in [4.78, 5) is 9.12. The highest BCUT2D eigenvalue weighted by atomic mass is 32.1. The third-order valence-electron chi connectivity index (χ3n) is 3.99. The Balaban J connectivity index is 1.80. The molecule has 0 aliphatic rings. The summed E-state index contributed by atoms with van der Waals surface area (Å²) in [6, 6.07) is 13.8. The van der Waals surface area contributed by atoms with Crippen LogP contribution in [0.5, 0.6) is 0 Å². The van der Waals surface area contributed by atoms with Gasteiger partial charge in [0.25, 0.3) is 0 Å². The summed E-state index contributed by atoms with van der Waals surface area (Å²) >= 11 is 1.69. The van der Waals surface area contributed by atoms with Crippen LogP contribution in [-0.2, 0) is 6.54 Å². The van der Waals surface area contributed by atoms with Crippen molar-refractivity contribution in [2.24, 2.45) is 16.7 Å². The van der Waals surface area contributed by atoms with Gasteiger partial charge < -0.3 is 16.9 Å². The number of pyridine rings is 2. The fourth-order valence-corrected chi connectivity index (χ4v) is 3.68. The maximum absolute atomic E-state index is 5.83. The number of nitrogens with two attached hydrogens (primary N) is 2. The SMILES string of the molecule is N/N=C(\N)c1ccc2c(c1)nc(NCc1ccccn1)c1ccsc12. The van der Waals surface area contributed by atoms with E-state index in [9.17, 15) is 0 Å². The average Bonchev–Trinajstić information content (AvgIpc) is 3.16. The molecule has 4 rings (SSSR count). The second-order valence-corrected chi connectivity index (χ2v) is 6.46. The van der Waals surface area contributed by atoms with E-state index in [0.29, 0.717) is 6.54 Å². The molecule has 3 aromatic heterocycles. The number of nitrogens with zero attached hydrogens (tertiary/aromatic N) is 3. The third-order valence-corrected chi connectivity index (χ3v) is 4.94. The highest BCUT2D eigenvalue weighted by Crippen LogP contribution is 2.33. The van der Waals surface area contributed by atoms with E-state index in [1.54, 1.807) is 17.5 Å². The lowest BCUT2D eigenvalue weighted by Gasteiger charge is -2.10. The molecule has 0 aliphatic carbocycles. The summed E-state index contributed by atoms with van der Waals surface area (Å²) in [6.07, 6.45) is 1.78. The molecule has 0 saturated carbocycles. The van der Waals surface area contributed by atoms with Crippen molar-refractivity contribution in [2.45, 2.75) is 6.54 Å². The van der Waals surface area contributed by atoms with E-state index in [1.807, 2.05) is 36.4 Å². The van der Waals surface area contributed by atoms with Crippen molar-refractivity contribution >= 4 is 44.0 Å². The van der Waals surface area contributed by atoms with Crippen LogP contribution in [0.15, 0.2) is 59.1 Å². The molecule has 0 amide bonds. The number of aromatic nitrogens is 2. The monoisotopic (exact) mass is 348 g/mol. The van der Waals surface area contributed by atoms with Crippen LogP contribution in [0.2, 0.25) is 0 Å². The summed E-state index contributed by atoms with van der Waals surface area (Å²) in [6.45, 7) is 0.608. The van der Waals surface area contributed by atoms with Crippen molar-refractivity contribution in [1.82, 2.24) is 9.97 Å². The lowest BCUT2D eigenvalue weighted by Crippen LogP contribution is -2.15. The van der Waals surface area contributed by atoms with Crippen LogP contribution < -0.4 is 16.9 Å². The van der Waals surface area contributed by atoms with Crippen molar-refractivity contribution in [2.75, 3.05) is 5.32 Å². The molecule has 25 heavy (non-hydrogen) atoms. The first-order valence-electron chi connectivity index (χ1n) is 7.75. The molecule has 0 unspecified atom stereocenters. The van der Waals surface area contributed by atoms with E-state index in [4.69, 9.17) is 16.6 Å². The minimum Gasteiger partial charge on any atom is -0.382 e. The zero-order valence-electron chi connectivity index (χ0n) is 13.3. The number of thiophene rings is 1. The fraction of sp³-hybridized carbons (Fsp3) is 0.0556. The maximum atomic E-state index is 5.83. The average molecular weight is 348 g/mol. The van der Waals surface area contributed by atoms with Gasteiger partial charge in [-0.1, -0.05) is 18.2 Å². The smallest absolute Gasteiger partial charge is 0.150 e. The third kappa shape index (κ3) is 2.85. The molecule has 6 nitrogen and oxygen atoms in total. The predicted molar refractivity (Wildman–Crippen MR) is 104 cm³/mol. The van der Waals surface area contributed by atoms with Gasteiger partial charge in [0, 0.05) is 27.2 Å². The Kier molecular flexibility index (Phi) is 3.91. The zero-order chi connectivity index (χ0) is 17.2. The molecule has 4 aromatic rings. The number of nitrogens with one attached hydrogen (secondary N) is 1. The molecule has 0 radical (unpaired) electrons. The van der Waals surface area contributed by atoms with Crippen molar-refractivity contribution in [3.8, 4) is 0 Å². The first-order chi connectivity index (χ1) is 12.3. The Morgan fingerprint density at radius 2 is 2.08 bits per heavy atom. The molecule has 7 heteroatoms. The second-order valence-electron chi connectivity index (χ2n) is 5.54. The van der Waals surface area contributed by atoms with Gasteiger partial charge in [-0.2, -0.15) is 5.10 Å². The quantitative estimate of drug-likeness (QED) is 0.228. The van der Waals surface area contributed by atoms with Crippen LogP contribution in [0.1, 0.15) is 11.3 Å². The molecule has 124 valence electrons. The summed E-state index contributed by atoms with van der Waals surface area (Å²) in [5.41, 5.74) is 8.39. The molecule has 0 spiro atoms. The van der Waals surface area contributed by atoms with E-state index in [-0.39, 0.29) is 5.84 Å². The standard InChI is InChI=1S/C18H16N6S/c19-17(24-20)11-4-5-13-15(9-11)23-18(14-6-8-25-16(13)14)22-10-12-3-1-2-7-21-12/h1-9H,10,20H2,(H2,19,24)(H,22,23). The highest BCUT2D eigenvalue weighted by molar-refractivity contribution is 7.18. The van der Waals surface area contributed by atoms with Gasteiger partial charge in [-0.25, -0.2) is 4.98 Å². The largest absolute Gasteiger partial charge is 0.382 e. The molecule has 0 fully saturated rings. The van der Waals surface area contributed by atoms with Gasteiger partial charge in [-0.15, -0.1) is 11.3 Å². The molecule has 0 bridgehead atoms. The lowest BCUT2D eigenvalue weighted by atomic mass is 10.1. The van der Waals surface area contributed by atoms with Crippen molar-refractivity contribution in [3.63, 3.8) is 0 Å². The highest BCUT2D eigenvalue weighted by Gasteiger charge is 2.11. The van der Waals surface area contributed by atoms with Crippen molar-refractivity contribution < 1.29 is 0 Å². The fourth-order valence-electron chi connectivity index (χ4n) is 2.75. The topological polar surface area (TPSA) is 102 Å². The molecule has 0 aliphatic heterocycles. The predicted octanol–water partition coefficient (Wildman–Crippen LogP) is 3.04. The number of amidine groups is 1. The second kappa shape index (κ2) is 6.37. The number of hydrogen-bond donors (Lipinski definition) is 3. The number of rotatable bonds is 4. The van der Waals surface area contributed by atoms with E-state index in [1.165, 1.54) is 4.70 Å². The number of benzene rings is 1. The normalized spacial score (nSPS) is 11.9. The Morgan fingerprint density at radius 1 is 1.16 bits per heavy atom. The van der Waals surface area contributed by atoms with Crippen LogP contribution in [0.4, 0.5) is 5.82 Å². The van der Waals surface area contributed by atoms with E-state index in [0.717, 1.165) is 33.4 Å². The first-order valence-corrected chi connectivity index (χ1v) is 8.62. The molecular formula is C18H16N6S. The Hall–Kier alpha value is -3.19. The summed E-state index contributed by atoms with van der Waals surface area (Å²) in [5, 5.41) is 11.2. The summed E-state index contributed by atoms with van der Waals surface area (Å²) < 4.78 is 1.18. The first kappa shape index (κ1) is 15.3. The van der Waals surface area contributed by atoms with Gasteiger partial charge in [-0.3, -0.25) is 4.98 Å². The van der Waals surface area contributed by atoms with E-state index < -0.39 is 0 Å². The van der Waals surface area contributed by atoms with E-state index >= 15 is 0 Å². The maximum Gasteiger partial charge on any atom is 0.150 e. The van der Waals surface area contributed by atoms with E-state index in [2.05, 4.69) is 26.8 Å². The molecule has 0 saturated heterocycles. The Morgan fingerprint density at radius 3 is 2.88 bits per heavy atom. The summed E-state index contributed by atoms with van der Waals surface area (Å²) in [5.74, 6) is 6.41. The van der Waals surface area contributed by atoms with Crippen LogP contribution in [-0.4, -0.2) is 15.8 Å². The number of fused-ring (bicyclic) bond motifs is 3. The number of hydrazone groups is 1. The van der Waals surface area contributed by atoms with Crippen LogP contribution in [0.3, 0.4) is 0 Å². The Bertz CT molecular complexity index is 1070. The molecule has 1 aromatic carbocycles. The van der Waals surface area contributed by atoms with Crippen molar-refractivity contribution in [1.29, 1.82) is 0 Å². The number of anilines is 1. The van der Waals surface area contributed by atoms with Crippen LogP contribution >= 0.6 is 11.3 Å². The summed E-state index contributed by atoms with van der Waals surface area (Å²) in [7, 11) is 0. The van der Waals surface area contributed by atoms with Gasteiger partial charge >= 0.3 is 0 Å². The van der Waals surface area contributed by atoms with Gasteiger partial charge in [0.05, 0.1) is 17.8 Å². The van der Waals surface area contributed by atoms with Crippen LogP contribution in [0, 0.1) is 0 Å². The van der Waals surface area contributed by atoms with Crippen molar-refractivity contribution in [3.05, 3.63) is 65.3 Å². The molecule has 0 atom stereocenters. The number of hydrogen-bond acceptors (Lipinski definition) is 6. The van der Waals surface area contributed by atoms with Gasteiger partial charge in [-0.05, 0) is 29.6 Å². The minimum atomic E-state index is 0.290. The van der Waals surface area contributed by atoms with Gasteiger partial charge in [0.1, 0.15) is 11.7 Å². The molecule has 3 heterocycles. The van der Waals surface area contributed by atoms with Crippen LogP contribution in [0.25, 0.3) is 21.0 Å². The van der Waals surface area contributed by atoms with Gasteiger partial charge in [0.15, 0.2) is 0 Å². The zero-order valence-corrected chi connectivity index (χ0v) is 14.1. The molecule has 5 N–H and O–H groups in total. The molecular weight excluding hydrogens is 332 g/mol. The lowest BCUT2D eigenvalue weighted by molar-refractivity contribution is 1.04. The Labute approximate surface area is 148 Å².